The minimum atomic E-state index is -0.595. The number of rotatable bonds is 5. The van der Waals surface area contributed by atoms with Crippen LogP contribution in [0.3, 0.4) is 0 Å². The Kier molecular flexibility index (Phi) is 5.56. The molecule has 7 nitrogen and oxygen atoms in total. The molecule has 2 aromatic heterocycles. The zero-order valence-electron chi connectivity index (χ0n) is 15.7. The van der Waals surface area contributed by atoms with Crippen LogP contribution in [-0.4, -0.2) is 16.4 Å². The summed E-state index contributed by atoms with van der Waals surface area (Å²) < 4.78 is 6.19. The molecule has 2 heterocycles. The van der Waals surface area contributed by atoms with Gasteiger partial charge in [0.1, 0.15) is 11.1 Å². The smallest absolute Gasteiger partial charge is 0.298 e. The molecule has 148 valence electrons. The van der Waals surface area contributed by atoms with Gasteiger partial charge in [-0.1, -0.05) is 18.2 Å². The van der Waals surface area contributed by atoms with Crippen molar-refractivity contribution in [3.8, 4) is 17.7 Å². The lowest BCUT2D eigenvalue weighted by Gasteiger charge is -2.10. The zero-order valence-corrected chi connectivity index (χ0v) is 17.3. The van der Waals surface area contributed by atoms with Gasteiger partial charge in [-0.25, -0.2) is 0 Å². The number of nitriles is 1. The molecule has 0 radical (unpaired) electrons. The molecule has 1 aliphatic rings. The fraction of sp³-hybridized carbons (Fsp3) is 0.300. The van der Waals surface area contributed by atoms with Crippen molar-refractivity contribution in [3.63, 3.8) is 0 Å². The van der Waals surface area contributed by atoms with Crippen molar-refractivity contribution in [1.82, 2.24) is 5.27 Å². The van der Waals surface area contributed by atoms with Gasteiger partial charge in [-0.3, -0.25) is 4.79 Å². The Balaban J connectivity index is 1.53. The molecule has 1 amide bonds. The molecule has 0 bridgehead atoms. The Labute approximate surface area is 175 Å². The second-order valence-electron chi connectivity index (χ2n) is 6.69. The van der Waals surface area contributed by atoms with E-state index in [0.717, 1.165) is 43.0 Å². The summed E-state index contributed by atoms with van der Waals surface area (Å²) in [4.78, 5) is 14.0. The van der Waals surface area contributed by atoms with Crippen molar-refractivity contribution in [1.29, 1.82) is 5.26 Å². The molecule has 1 atom stereocenters. The van der Waals surface area contributed by atoms with Crippen LogP contribution >= 0.6 is 23.1 Å². The number of nitrogens with one attached hydrogen (secondary N) is 1. The number of amides is 1. The maximum atomic E-state index is 12.8. The van der Waals surface area contributed by atoms with E-state index in [2.05, 4.69) is 16.7 Å². The van der Waals surface area contributed by atoms with Gasteiger partial charge < -0.3 is 14.9 Å². The zero-order chi connectivity index (χ0) is 20.4. The Hall–Kier alpha value is -2.83. The van der Waals surface area contributed by atoms with E-state index in [-0.39, 0.29) is 10.9 Å². The number of anilines is 1. The maximum Gasteiger partial charge on any atom is 0.298 e. The molecule has 1 N–H and O–H groups in total. The first-order chi connectivity index (χ1) is 14.1. The highest BCUT2D eigenvalue weighted by molar-refractivity contribution is 8.00. The van der Waals surface area contributed by atoms with Crippen molar-refractivity contribution in [2.45, 2.75) is 42.9 Å². The monoisotopic (exact) mass is 426 g/mol. The number of thioether (sulfide) groups is 1. The lowest BCUT2D eigenvalue weighted by atomic mass is 9.96. The number of carbonyl (C=O) groups is 1. The number of para-hydroxylation sites is 1. The summed E-state index contributed by atoms with van der Waals surface area (Å²) in [6, 6.07) is 11.4. The minimum absolute atomic E-state index is 0.227. The molecule has 0 spiro atoms. The van der Waals surface area contributed by atoms with Crippen LogP contribution in [-0.2, 0) is 17.6 Å². The molecular formula is C20H18N4O3S2. The van der Waals surface area contributed by atoms with Gasteiger partial charge in [0.25, 0.3) is 5.03 Å². The number of hydrogen-bond donors (Lipinski definition) is 1. The first-order valence-corrected chi connectivity index (χ1v) is 10.9. The lowest BCUT2D eigenvalue weighted by Crippen LogP contribution is -2.36. The van der Waals surface area contributed by atoms with Crippen molar-refractivity contribution >= 4 is 34.0 Å². The quantitative estimate of drug-likeness (QED) is 0.497. The lowest BCUT2D eigenvalue weighted by molar-refractivity contribution is -0.705. The third-order valence-corrected chi connectivity index (χ3v) is 7.09. The number of nitrogens with zero attached hydrogens (tertiary/aromatic N) is 3. The molecule has 4 rings (SSSR count). The fourth-order valence-electron chi connectivity index (χ4n) is 3.28. The number of aromatic nitrogens is 2. The van der Waals surface area contributed by atoms with Gasteiger partial charge in [-0.2, -0.15) is 5.26 Å². The molecule has 1 unspecified atom stereocenters. The average molecular weight is 427 g/mol. The molecule has 0 fully saturated rings. The second-order valence-corrected chi connectivity index (χ2v) is 9.12. The van der Waals surface area contributed by atoms with Crippen LogP contribution < -0.4 is 15.1 Å². The van der Waals surface area contributed by atoms with Gasteiger partial charge in [0.05, 0.1) is 16.1 Å². The summed E-state index contributed by atoms with van der Waals surface area (Å²) in [7, 11) is 0. The molecule has 9 heteroatoms. The summed E-state index contributed by atoms with van der Waals surface area (Å²) in [5.74, 6) is -0.867. The Bertz CT molecular complexity index is 1090. The first-order valence-electron chi connectivity index (χ1n) is 9.25. The predicted molar refractivity (Wildman–Crippen MR) is 107 cm³/mol. The van der Waals surface area contributed by atoms with Crippen molar-refractivity contribution in [2.24, 2.45) is 0 Å². The van der Waals surface area contributed by atoms with Gasteiger partial charge in [0, 0.05) is 17.0 Å². The third kappa shape index (κ3) is 3.86. The van der Waals surface area contributed by atoms with Crippen molar-refractivity contribution < 1.29 is 19.1 Å². The van der Waals surface area contributed by atoms with E-state index in [0.29, 0.717) is 16.3 Å². The van der Waals surface area contributed by atoms with Gasteiger partial charge in [-0.05, 0) is 54.6 Å². The molecule has 0 saturated heterocycles. The van der Waals surface area contributed by atoms with Crippen LogP contribution in [0.25, 0.3) is 5.69 Å². The fourth-order valence-corrected chi connectivity index (χ4v) is 5.39. The van der Waals surface area contributed by atoms with Crippen LogP contribution in [0, 0.1) is 11.3 Å². The largest absolute Gasteiger partial charge is 0.538 e. The number of fused-ring (bicyclic) bond motifs is 1. The van der Waals surface area contributed by atoms with Crippen LogP contribution in [0.1, 0.15) is 35.8 Å². The van der Waals surface area contributed by atoms with Crippen LogP contribution in [0.5, 0.6) is 5.95 Å². The highest BCUT2D eigenvalue weighted by atomic mass is 32.2. The van der Waals surface area contributed by atoms with E-state index in [4.69, 9.17) is 4.52 Å². The topological polar surface area (TPSA) is 106 Å². The Morgan fingerprint density at radius 3 is 2.90 bits per heavy atom. The summed E-state index contributed by atoms with van der Waals surface area (Å²) in [6.45, 7) is 1.71. The predicted octanol–water partition coefficient (Wildman–Crippen LogP) is 2.96. The summed E-state index contributed by atoms with van der Waals surface area (Å²) >= 11 is 2.56. The Morgan fingerprint density at radius 2 is 2.14 bits per heavy atom. The molecule has 1 aliphatic carbocycles. The molecule has 3 aromatic rings. The molecule has 29 heavy (non-hydrogen) atoms. The van der Waals surface area contributed by atoms with Gasteiger partial charge in [0.2, 0.25) is 11.6 Å². The van der Waals surface area contributed by atoms with Crippen molar-refractivity contribution in [3.05, 3.63) is 46.3 Å². The maximum absolute atomic E-state index is 12.8. The van der Waals surface area contributed by atoms with E-state index in [1.54, 1.807) is 19.1 Å². The molecule has 0 saturated carbocycles. The highest BCUT2D eigenvalue weighted by Crippen LogP contribution is 2.38. The highest BCUT2D eigenvalue weighted by Gasteiger charge is 2.28. The summed E-state index contributed by atoms with van der Waals surface area (Å²) in [6.07, 6.45) is 4.01. The van der Waals surface area contributed by atoms with Gasteiger partial charge in [-0.15, -0.1) is 11.3 Å². The normalized spacial score (nSPS) is 14.1. The second kappa shape index (κ2) is 8.27. The van der Waals surface area contributed by atoms with E-state index in [1.165, 1.54) is 20.9 Å². The van der Waals surface area contributed by atoms with Gasteiger partial charge >= 0.3 is 0 Å². The molecule has 0 aliphatic heterocycles. The van der Waals surface area contributed by atoms with Crippen LogP contribution in [0.2, 0.25) is 0 Å². The number of carbonyl (C=O) groups excluding carboxylic acids is 1. The Morgan fingerprint density at radius 1 is 1.38 bits per heavy atom. The molecular weight excluding hydrogens is 408 g/mol. The third-order valence-electron chi connectivity index (χ3n) is 4.75. The van der Waals surface area contributed by atoms with Crippen LogP contribution in [0.4, 0.5) is 5.00 Å². The summed E-state index contributed by atoms with van der Waals surface area (Å²) in [5.41, 5.74) is 2.32. The first kappa shape index (κ1) is 19.5. The number of aryl methyl sites for hydroxylation is 1. The number of benzene rings is 1. The molecule has 1 aromatic carbocycles. The summed E-state index contributed by atoms with van der Waals surface area (Å²) in [5, 5.41) is 28.6. The van der Waals surface area contributed by atoms with E-state index in [9.17, 15) is 15.2 Å². The van der Waals surface area contributed by atoms with E-state index < -0.39 is 11.2 Å². The van der Waals surface area contributed by atoms with E-state index >= 15 is 0 Å². The average Bonchev–Trinajstić information content (AvgIpc) is 3.28. The van der Waals surface area contributed by atoms with Gasteiger partial charge in [0.15, 0.2) is 5.95 Å². The number of hydrogen-bond acceptors (Lipinski definition) is 7. The van der Waals surface area contributed by atoms with E-state index in [1.807, 2.05) is 18.2 Å². The van der Waals surface area contributed by atoms with Crippen LogP contribution in [0.15, 0.2) is 39.9 Å². The van der Waals surface area contributed by atoms with Crippen molar-refractivity contribution in [2.75, 3.05) is 5.32 Å². The standard InChI is InChI=1S/C20H18N4O3S2/c1-12(28-19-20(26)27-23-24(19)13-7-3-2-4-8-13)17(25)22-18-15(11-21)14-9-5-6-10-16(14)29-18/h2-4,7-8,12H,5-6,9-10H2,1H3,(H-,22,23,25,26). The minimum Gasteiger partial charge on any atom is -0.538 e. The SMILES string of the molecule is CC(Sc1c([O-])on[n+]1-c1ccccc1)C(=O)Nc1sc2c(c1C#N)CCCC2. The number of thiophene rings is 1.